The average Bonchev–Trinajstić information content (AvgIpc) is 2.99. The Bertz CT molecular complexity index is 468. The molecule has 0 radical (unpaired) electrons. The van der Waals surface area contributed by atoms with Crippen molar-refractivity contribution in [2.45, 2.75) is 57.9 Å². The standard InChI is InChI=1S/C14H24N4O2/c1-4-15-12-5-6-14(19-7-8-20-14)9-13(12)18-11(3)16-10(2)17-18/h12-13,15H,4-9H2,1-3H3. The number of hydrogen-bond acceptors (Lipinski definition) is 5. The van der Waals surface area contributed by atoms with Gasteiger partial charge >= 0.3 is 0 Å². The van der Waals surface area contributed by atoms with Crippen LogP contribution in [0.3, 0.4) is 0 Å². The smallest absolute Gasteiger partial charge is 0.170 e. The van der Waals surface area contributed by atoms with Gasteiger partial charge in [-0.2, -0.15) is 5.10 Å². The second kappa shape index (κ2) is 5.42. The molecular formula is C14H24N4O2. The van der Waals surface area contributed by atoms with E-state index in [4.69, 9.17) is 9.47 Å². The molecule has 1 saturated carbocycles. The Labute approximate surface area is 119 Å². The highest BCUT2D eigenvalue weighted by Crippen LogP contribution is 2.41. The lowest BCUT2D eigenvalue weighted by Gasteiger charge is -2.41. The van der Waals surface area contributed by atoms with E-state index < -0.39 is 5.79 Å². The first-order valence-electron chi connectivity index (χ1n) is 7.54. The number of hydrogen-bond donors (Lipinski definition) is 1. The molecule has 1 spiro atoms. The minimum absolute atomic E-state index is 0.239. The van der Waals surface area contributed by atoms with E-state index in [0.717, 1.165) is 37.5 Å². The summed E-state index contributed by atoms with van der Waals surface area (Å²) in [6, 6.07) is 0.640. The van der Waals surface area contributed by atoms with Crippen LogP contribution < -0.4 is 5.32 Å². The maximum absolute atomic E-state index is 5.89. The van der Waals surface area contributed by atoms with Crippen LogP contribution in [-0.4, -0.2) is 46.4 Å². The Kier molecular flexibility index (Phi) is 3.79. The first-order valence-corrected chi connectivity index (χ1v) is 7.54. The number of likely N-dealkylation sites (N-methyl/N-ethyl adjacent to an activating group) is 1. The molecule has 6 nitrogen and oxygen atoms in total. The van der Waals surface area contributed by atoms with Crippen LogP contribution in [0, 0.1) is 13.8 Å². The molecule has 2 fully saturated rings. The minimum Gasteiger partial charge on any atom is -0.347 e. The Morgan fingerprint density at radius 1 is 1.35 bits per heavy atom. The van der Waals surface area contributed by atoms with Gasteiger partial charge in [0.05, 0.1) is 19.3 Å². The van der Waals surface area contributed by atoms with E-state index in [1.165, 1.54) is 0 Å². The third-order valence-corrected chi connectivity index (χ3v) is 4.32. The summed E-state index contributed by atoms with van der Waals surface area (Å²) in [6.07, 6.45) is 2.83. The molecule has 1 aliphatic heterocycles. The molecule has 1 aliphatic carbocycles. The Balaban J connectivity index is 1.87. The normalized spacial score (nSPS) is 29.1. The molecule has 0 amide bonds. The highest BCUT2D eigenvalue weighted by Gasteiger charge is 2.46. The molecule has 1 N–H and O–H groups in total. The molecule has 0 bridgehead atoms. The third-order valence-electron chi connectivity index (χ3n) is 4.32. The zero-order valence-corrected chi connectivity index (χ0v) is 12.6. The topological polar surface area (TPSA) is 61.2 Å². The molecule has 2 aliphatic rings. The molecule has 1 saturated heterocycles. The van der Waals surface area contributed by atoms with Gasteiger partial charge in [0.25, 0.3) is 0 Å². The van der Waals surface area contributed by atoms with Crippen LogP contribution in [0.5, 0.6) is 0 Å². The number of nitrogens with zero attached hydrogens (tertiary/aromatic N) is 3. The highest BCUT2D eigenvalue weighted by atomic mass is 16.7. The maximum atomic E-state index is 5.89. The summed E-state index contributed by atoms with van der Waals surface area (Å²) in [6.45, 7) is 8.46. The van der Waals surface area contributed by atoms with E-state index in [-0.39, 0.29) is 6.04 Å². The summed E-state index contributed by atoms with van der Waals surface area (Å²) in [5.74, 6) is 1.39. The lowest BCUT2D eigenvalue weighted by atomic mass is 9.85. The predicted octanol–water partition coefficient (Wildman–Crippen LogP) is 1.34. The van der Waals surface area contributed by atoms with Gasteiger partial charge in [-0.25, -0.2) is 9.67 Å². The lowest BCUT2D eigenvalue weighted by Crippen LogP contribution is -2.49. The van der Waals surface area contributed by atoms with Crippen molar-refractivity contribution in [3.05, 3.63) is 11.6 Å². The molecule has 3 rings (SSSR count). The van der Waals surface area contributed by atoms with Crippen molar-refractivity contribution in [1.82, 2.24) is 20.1 Å². The van der Waals surface area contributed by atoms with Crippen molar-refractivity contribution in [2.24, 2.45) is 0 Å². The van der Waals surface area contributed by atoms with E-state index in [1.807, 2.05) is 13.8 Å². The first kappa shape index (κ1) is 14.0. The van der Waals surface area contributed by atoms with Gasteiger partial charge in [0, 0.05) is 18.9 Å². The van der Waals surface area contributed by atoms with Gasteiger partial charge in [-0.15, -0.1) is 0 Å². The monoisotopic (exact) mass is 280 g/mol. The molecule has 20 heavy (non-hydrogen) atoms. The van der Waals surface area contributed by atoms with Crippen LogP contribution in [0.2, 0.25) is 0 Å². The minimum atomic E-state index is -0.400. The molecule has 1 aromatic heterocycles. The van der Waals surface area contributed by atoms with Crippen LogP contribution in [0.15, 0.2) is 0 Å². The van der Waals surface area contributed by atoms with Crippen molar-refractivity contribution in [3.8, 4) is 0 Å². The molecule has 2 heterocycles. The van der Waals surface area contributed by atoms with E-state index in [9.17, 15) is 0 Å². The molecule has 6 heteroatoms. The number of aromatic nitrogens is 3. The zero-order valence-electron chi connectivity index (χ0n) is 12.6. The summed E-state index contributed by atoms with van der Waals surface area (Å²) in [5, 5.41) is 8.15. The van der Waals surface area contributed by atoms with Gasteiger partial charge in [-0.1, -0.05) is 6.92 Å². The molecule has 1 aromatic rings. The van der Waals surface area contributed by atoms with E-state index in [0.29, 0.717) is 19.3 Å². The highest BCUT2D eigenvalue weighted by molar-refractivity contribution is 4.99. The second-order valence-corrected chi connectivity index (χ2v) is 5.73. The predicted molar refractivity (Wildman–Crippen MR) is 74.5 cm³/mol. The van der Waals surface area contributed by atoms with Crippen LogP contribution in [0.4, 0.5) is 0 Å². The van der Waals surface area contributed by atoms with E-state index in [1.54, 1.807) is 0 Å². The van der Waals surface area contributed by atoms with Crippen LogP contribution >= 0.6 is 0 Å². The summed E-state index contributed by atoms with van der Waals surface area (Å²) >= 11 is 0. The number of ether oxygens (including phenoxy) is 2. The van der Waals surface area contributed by atoms with Crippen molar-refractivity contribution >= 4 is 0 Å². The summed E-state index contributed by atoms with van der Waals surface area (Å²) in [5.41, 5.74) is 0. The molecular weight excluding hydrogens is 256 g/mol. The average molecular weight is 280 g/mol. The Morgan fingerprint density at radius 2 is 2.10 bits per heavy atom. The summed E-state index contributed by atoms with van der Waals surface area (Å²) in [7, 11) is 0. The maximum Gasteiger partial charge on any atom is 0.170 e. The van der Waals surface area contributed by atoms with Crippen LogP contribution in [0.25, 0.3) is 0 Å². The number of rotatable bonds is 3. The van der Waals surface area contributed by atoms with Crippen molar-refractivity contribution in [1.29, 1.82) is 0 Å². The fourth-order valence-electron chi connectivity index (χ4n) is 3.50. The second-order valence-electron chi connectivity index (χ2n) is 5.73. The lowest BCUT2D eigenvalue weighted by molar-refractivity contribution is -0.189. The fraction of sp³-hybridized carbons (Fsp3) is 0.857. The SMILES string of the molecule is CCNC1CCC2(CC1n1nc(C)nc1C)OCCO2. The van der Waals surface area contributed by atoms with Gasteiger partial charge in [0.2, 0.25) is 0 Å². The van der Waals surface area contributed by atoms with Gasteiger partial charge in [0.1, 0.15) is 11.6 Å². The molecule has 0 aromatic carbocycles. The molecule has 2 unspecified atom stereocenters. The summed E-state index contributed by atoms with van der Waals surface area (Å²) in [4.78, 5) is 4.44. The Hall–Kier alpha value is -0.980. The first-order chi connectivity index (χ1) is 9.63. The van der Waals surface area contributed by atoms with Gasteiger partial charge in [0.15, 0.2) is 5.79 Å². The fourth-order valence-corrected chi connectivity index (χ4v) is 3.50. The largest absolute Gasteiger partial charge is 0.347 e. The van der Waals surface area contributed by atoms with E-state index >= 15 is 0 Å². The number of aryl methyl sites for hydroxylation is 2. The van der Waals surface area contributed by atoms with Crippen molar-refractivity contribution in [2.75, 3.05) is 19.8 Å². The quantitative estimate of drug-likeness (QED) is 0.905. The molecule has 2 atom stereocenters. The molecule has 112 valence electrons. The van der Waals surface area contributed by atoms with Gasteiger partial charge < -0.3 is 14.8 Å². The zero-order chi connectivity index (χ0) is 14.2. The third kappa shape index (κ3) is 2.47. The summed E-state index contributed by atoms with van der Waals surface area (Å²) < 4.78 is 13.8. The number of nitrogens with one attached hydrogen (secondary N) is 1. The van der Waals surface area contributed by atoms with E-state index in [2.05, 4.69) is 27.0 Å². The van der Waals surface area contributed by atoms with Gasteiger partial charge in [-0.3, -0.25) is 0 Å². The van der Waals surface area contributed by atoms with Gasteiger partial charge in [-0.05, 0) is 26.8 Å². The van der Waals surface area contributed by atoms with Crippen LogP contribution in [0.1, 0.15) is 43.9 Å². The van der Waals surface area contributed by atoms with Crippen molar-refractivity contribution < 1.29 is 9.47 Å². The van der Waals surface area contributed by atoms with Crippen LogP contribution in [-0.2, 0) is 9.47 Å². The Morgan fingerprint density at radius 3 is 2.70 bits per heavy atom. The van der Waals surface area contributed by atoms with Crippen molar-refractivity contribution in [3.63, 3.8) is 0 Å².